The first kappa shape index (κ1) is 17.6. The van der Waals surface area contributed by atoms with Crippen LogP contribution in [-0.2, 0) is 6.54 Å². The van der Waals surface area contributed by atoms with Gasteiger partial charge in [0.05, 0.1) is 12.2 Å². The highest BCUT2D eigenvalue weighted by molar-refractivity contribution is 7.09. The minimum Gasteiger partial charge on any atom is -0.357 e. The van der Waals surface area contributed by atoms with Crippen LogP contribution in [0.5, 0.6) is 0 Å². The summed E-state index contributed by atoms with van der Waals surface area (Å²) in [6.45, 7) is 15.0. The molecule has 24 heavy (non-hydrogen) atoms. The van der Waals surface area contributed by atoms with E-state index in [0.29, 0.717) is 18.5 Å². The van der Waals surface area contributed by atoms with Crippen molar-refractivity contribution in [2.45, 2.75) is 39.3 Å². The third-order valence-electron chi connectivity index (χ3n) is 4.78. The van der Waals surface area contributed by atoms with E-state index >= 15 is 0 Å². The van der Waals surface area contributed by atoms with Gasteiger partial charge in [-0.1, -0.05) is 13.8 Å². The van der Waals surface area contributed by atoms with Crippen molar-refractivity contribution in [2.75, 3.05) is 45.8 Å². The summed E-state index contributed by atoms with van der Waals surface area (Å²) in [5, 5.41) is 10.1. The maximum Gasteiger partial charge on any atom is 0.191 e. The van der Waals surface area contributed by atoms with E-state index in [1.807, 2.05) is 0 Å². The molecule has 134 valence electrons. The second kappa shape index (κ2) is 8.27. The van der Waals surface area contributed by atoms with Crippen molar-refractivity contribution in [2.24, 2.45) is 4.99 Å². The molecule has 0 saturated carbocycles. The Labute approximate surface area is 149 Å². The molecule has 4 rings (SSSR count). The Morgan fingerprint density at radius 2 is 2.12 bits per heavy atom. The SMILES string of the molecule is CCNC(=NCc1nc(C(C)C)cs1)NCC1CN2CCN1CC2. The minimum atomic E-state index is 0.483. The molecule has 2 N–H and O–H groups in total. The molecule has 1 aromatic rings. The lowest BCUT2D eigenvalue weighted by Gasteiger charge is -2.47. The number of aliphatic imine (C=N–C) groups is 1. The van der Waals surface area contributed by atoms with Crippen molar-refractivity contribution in [1.29, 1.82) is 0 Å². The van der Waals surface area contributed by atoms with Crippen molar-refractivity contribution >= 4 is 17.3 Å². The number of guanidine groups is 1. The highest BCUT2D eigenvalue weighted by Crippen LogP contribution is 2.18. The fraction of sp³-hybridized carbons (Fsp3) is 0.765. The van der Waals surface area contributed by atoms with E-state index in [2.05, 4.69) is 51.6 Å². The molecule has 6 nitrogen and oxygen atoms in total. The predicted octanol–water partition coefficient (Wildman–Crippen LogP) is 1.32. The Kier molecular flexibility index (Phi) is 6.08. The van der Waals surface area contributed by atoms with Crippen LogP contribution in [0.4, 0.5) is 0 Å². The Morgan fingerprint density at radius 1 is 1.33 bits per heavy atom. The van der Waals surface area contributed by atoms with Gasteiger partial charge in [0, 0.05) is 57.2 Å². The van der Waals surface area contributed by atoms with Crippen molar-refractivity contribution in [3.05, 3.63) is 16.1 Å². The first-order valence-electron chi connectivity index (χ1n) is 9.08. The molecular formula is C17H30N6S. The number of rotatable bonds is 6. The molecule has 3 saturated heterocycles. The first-order chi connectivity index (χ1) is 11.7. The van der Waals surface area contributed by atoms with Gasteiger partial charge in [0.15, 0.2) is 5.96 Å². The van der Waals surface area contributed by atoms with Gasteiger partial charge >= 0.3 is 0 Å². The molecule has 0 radical (unpaired) electrons. The van der Waals surface area contributed by atoms with Gasteiger partial charge in [-0.15, -0.1) is 11.3 Å². The maximum atomic E-state index is 4.71. The minimum absolute atomic E-state index is 0.483. The molecule has 1 unspecified atom stereocenters. The topological polar surface area (TPSA) is 55.8 Å². The average molecular weight is 351 g/mol. The van der Waals surface area contributed by atoms with Crippen molar-refractivity contribution in [3.8, 4) is 0 Å². The van der Waals surface area contributed by atoms with E-state index < -0.39 is 0 Å². The monoisotopic (exact) mass is 350 g/mol. The molecule has 7 heteroatoms. The number of thiazole rings is 1. The first-order valence-corrected chi connectivity index (χ1v) is 9.96. The molecule has 3 fully saturated rings. The van der Waals surface area contributed by atoms with Crippen molar-refractivity contribution < 1.29 is 0 Å². The molecule has 2 bridgehead atoms. The highest BCUT2D eigenvalue weighted by atomic mass is 32.1. The van der Waals surface area contributed by atoms with Gasteiger partial charge in [0.1, 0.15) is 5.01 Å². The summed E-state index contributed by atoms with van der Waals surface area (Å²) >= 11 is 1.71. The number of aromatic nitrogens is 1. The zero-order chi connectivity index (χ0) is 16.9. The predicted molar refractivity (Wildman–Crippen MR) is 101 cm³/mol. The van der Waals surface area contributed by atoms with Gasteiger partial charge in [-0.05, 0) is 12.8 Å². The number of fused-ring (bicyclic) bond motifs is 3. The number of piperazine rings is 3. The molecule has 3 aliphatic heterocycles. The fourth-order valence-corrected chi connectivity index (χ4v) is 4.16. The molecule has 0 aromatic carbocycles. The van der Waals surface area contributed by atoms with E-state index in [9.17, 15) is 0 Å². The molecule has 3 aliphatic rings. The summed E-state index contributed by atoms with van der Waals surface area (Å²) in [7, 11) is 0. The van der Waals surface area contributed by atoms with Gasteiger partial charge in [-0.3, -0.25) is 9.80 Å². The molecule has 0 aliphatic carbocycles. The maximum absolute atomic E-state index is 4.71. The summed E-state index contributed by atoms with van der Waals surface area (Å²) < 4.78 is 0. The summed E-state index contributed by atoms with van der Waals surface area (Å²) in [6.07, 6.45) is 0. The van der Waals surface area contributed by atoms with Crippen LogP contribution >= 0.6 is 11.3 Å². The summed E-state index contributed by atoms with van der Waals surface area (Å²) in [5.74, 6) is 1.38. The van der Waals surface area contributed by atoms with Crippen LogP contribution in [-0.4, -0.2) is 72.6 Å². The van der Waals surface area contributed by atoms with E-state index in [0.717, 1.165) is 24.1 Å². The van der Waals surface area contributed by atoms with Crippen LogP contribution in [0.25, 0.3) is 0 Å². The van der Waals surface area contributed by atoms with Crippen LogP contribution in [0.1, 0.15) is 37.4 Å². The van der Waals surface area contributed by atoms with Crippen molar-refractivity contribution in [3.63, 3.8) is 0 Å². The lowest BCUT2D eigenvalue weighted by Crippen LogP contribution is -2.63. The third kappa shape index (κ3) is 4.46. The van der Waals surface area contributed by atoms with Gasteiger partial charge in [-0.25, -0.2) is 9.98 Å². The number of hydrogen-bond donors (Lipinski definition) is 2. The van der Waals surface area contributed by atoms with Crippen LogP contribution in [0.3, 0.4) is 0 Å². The molecule has 0 spiro atoms. The summed E-state index contributed by atoms with van der Waals surface area (Å²) in [6, 6.07) is 0.601. The summed E-state index contributed by atoms with van der Waals surface area (Å²) in [5.41, 5.74) is 1.17. The Bertz CT molecular complexity index is 547. The van der Waals surface area contributed by atoms with Crippen molar-refractivity contribution in [1.82, 2.24) is 25.4 Å². The largest absolute Gasteiger partial charge is 0.357 e. The lowest BCUT2D eigenvalue weighted by molar-refractivity contribution is 0.0154. The summed E-state index contributed by atoms with van der Waals surface area (Å²) in [4.78, 5) is 14.5. The van der Waals surface area contributed by atoms with Crippen LogP contribution in [0.15, 0.2) is 10.4 Å². The van der Waals surface area contributed by atoms with Gasteiger partial charge in [-0.2, -0.15) is 0 Å². The van der Waals surface area contributed by atoms with Gasteiger partial charge in [0.2, 0.25) is 0 Å². The Hall–Kier alpha value is -1.18. The second-order valence-corrected chi connectivity index (χ2v) is 7.83. The Morgan fingerprint density at radius 3 is 2.71 bits per heavy atom. The van der Waals surface area contributed by atoms with E-state index in [4.69, 9.17) is 4.99 Å². The highest BCUT2D eigenvalue weighted by Gasteiger charge is 2.31. The second-order valence-electron chi connectivity index (χ2n) is 6.89. The molecule has 0 amide bonds. The lowest BCUT2D eigenvalue weighted by atomic mass is 10.1. The molecular weight excluding hydrogens is 320 g/mol. The fourth-order valence-electron chi connectivity index (χ4n) is 3.28. The quantitative estimate of drug-likeness (QED) is 0.599. The van der Waals surface area contributed by atoms with Crippen LogP contribution < -0.4 is 10.6 Å². The van der Waals surface area contributed by atoms with Gasteiger partial charge < -0.3 is 10.6 Å². The Balaban J connectivity index is 1.53. The van der Waals surface area contributed by atoms with E-state index in [1.165, 1.54) is 38.4 Å². The van der Waals surface area contributed by atoms with Crippen LogP contribution in [0.2, 0.25) is 0 Å². The smallest absolute Gasteiger partial charge is 0.191 e. The van der Waals surface area contributed by atoms with Crippen LogP contribution in [0, 0.1) is 0 Å². The van der Waals surface area contributed by atoms with Gasteiger partial charge in [0.25, 0.3) is 0 Å². The number of hydrogen-bond acceptors (Lipinski definition) is 5. The molecule has 4 heterocycles. The third-order valence-corrected chi connectivity index (χ3v) is 5.63. The average Bonchev–Trinajstić information content (AvgIpc) is 3.08. The molecule has 1 aromatic heterocycles. The number of nitrogens with one attached hydrogen (secondary N) is 2. The van der Waals surface area contributed by atoms with E-state index in [1.54, 1.807) is 11.3 Å². The standard InChI is InChI=1S/C17H30N6S/c1-4-18-17(20-10-16-21-15(12-24-16)13(2)3)19-9-14-11-22-5-7-23(14)8-6-22/h12-14H,4-11H2,1-3H3,(H2,18,19,20). The zero-order valence-corrected chi connectivity index (χ0v) is 15.9. The zero-order valence-electron chi connectivity index (χ0n) is 15.1. The number of nitrogens with zero attached hydrogens (tertiary/aromatic N) is 4. The molecule has 1 atom stereocenters. The normalized spacial score (nSPS) is 26.8. The van der Waals surface area contributed by atoms with E-state index in [-0.39, 0.29) is 0 Å².